The molecule has 0 N–H and O–H groups in total. The standard InChI is InChI=1S/C21H17BrO2/c1-2-6-15-14(8-5-12-22)19-17(20(15)23)11-10-16-13-7-3-4-9-18(13)24-21(16)19/h3-5,7-11H,2,6,12H2,1H3/b8-5-. The average Bonchev–Trinajstić information content (AvgIpc) is 3.10. The van der Waals surface area contributed by atoms with Crippen LogP contribution in [0.4, 0.5) is 0 Å². The highest BCUT2D eigenvalue weighted by atomic mass is 79.9. The molecule has 0 aliphatic heterocycles. The van der Waals surface area contributed by atoms with Crippen molar-refractivity contribution >= 4 is 49.2 Å². The van der Waals surface area contributed by atoms with E-state index in [0.29, 0.717) is 0 Å². The Morgan fingerprint density at radius 2 is 1.96 bits per heavy atom. The third-order valence-corrected chi connectivity index (χ3v) is 4.91. The molecule has 0 amide bonds. The van der Waals surface area contributed by atoms with Crippen LogP contribution in [0.5, 0.6) is 0 Å². The molecule has 1 aromatic heterocycles. The number of alkyl halides is 1. The minimum atomic E-state index is 0.142. The Kier molecular flexibility index (Phi) is 3.89. The van der Waals surface area contributed by atoms with E-state index < -0.39 is 0 Å². The van der Waals surface area contributed by atoms with Crippen molar-refractivity contribution in [3.63, 3.8) is 0 Å². The van der Waals surface area contributed by atoms with E-state index in [2.05, 4.69) is 35.0 Å². The van der Waals surface area contributed by atoms with Gasteiger partial charge in [-0.1, -0.05) is 59.6 Å². The summed E-state index contributed by atoms with van der Waals surface area (Å²) in [4.78, 5) is 12.9. The molecule has 0 saturated carbocycles. The lowest BCUT2D eigenvalue weighted by Crippen LogP contribution is -1.98. The van der Waals surface area contributed by atoms with Gasteiger partial charge in [0.2, 0.25) is 0 Å². The van der Waals surface area contributed by atoms with Gasteiger partial charge in [-0.25, -0.2) is 0 Å². The molecular weight excluding hydrogens is 364 g/mol. The van der Waals surface area contributed by atoms with Crippen molar-refractivity contribution in [1.82, 2.24) is 0 Å². The number of allylic oxidation sites excluding steroid dienone is 4. The minimum Gasteiger partial charge on any atom is -0.455 e. The maximum atomic E-state index is 12.9. The van der Waals surface area contributed by atoms with Gasteiger partial charge in [-0.15, -0.1) is 0 Å². The van der Waals surface area contributed by atoms with E-state index in [9.17, 15) is 4.79 Å². The maximum Gasteiger partial charge on any atom is 0.190 e. The zero-order chi connectivity index (χ0) is 16.7. The van der Waals surface area contributed by atoms with Gasteiger partial charge in [0.1, 0.15) is 11.2 Å². The molecule has 24 heavy (non-hydrogen) atoms. The second-order valence-electron chi connectivity index (χ2n) is 5.99. The van der Waals surface area contributed by atoms with Gasteiger partial charge in [-0.05, 0) is 30.2 Å². The first-order chi connectivity index (χ1) is 11.8. The molecule has 0 fully saturated rings. The zero-order valence-electron chi connectivity index (χ0n) is 13.4. The van der Waals surface area contributed by atoms with E-state index >= 15 is 0 Å². The molecule has 2 nitrogen and oxygen atoms in total. The molecule has 0 atom stereocenters. The monoisotopic (exact) mass is 380 g/mol. The predicted octanol–water partition coefficient (Wildman–Crippen LogP) is 6.29. The van der Waals surface area contributed by atoms with Gasteiger partial charge in [0, 0.05) is 32.8 Å². The van der Waals surface area contributed by atoms with Crippen LogP contribution in [0.3, 0.4) is 0 Å². The van der Waals surface area contributed by atoms with Crippen LogP contribution >= 0.6 is 15.9 Å². The van der Waals surface area contributed by atoms with Crippen LogP contribution in [0.15, 0.2) is 58.5 Å². The van der Waals surface area contributed by atoms with Crippen molar-refractivity contribution in [2.45, 2.75) is 19.8 Å². The first-order valence-electron chi connectivity index (χ1n) is 8.21. The van der Waals surface area contributed by atoms with E-state index in [1.807, 2.05) is 36.4 Å². The van der Waals surface area contributed by atoms with Gasteiger partial charge in [0.15, 0.2) is 5.78 Å². The Morgan fingerprint density at radius 3 is 2.75 bits per heavy atom. The average molecular weight is 381 g/mol. The van der Waals surface area contributed by atoms with E-state index in [-0.39, 0.29) is 5.78 Å². The lowest BCUT2D eigenvalue weighted by molar-refractivity contribution is 0.103. The molecule has 0 spiro atoms. The summed E-state index contributed by atoms with van der Waals surface area (Å²) >= 11 is 3.43. The quantitative estimate of drug-likeness (QED) is 0.498. The number of para-hydroxylation sites is 1. The molecule has 0 saturated heterocycles. The molecule has 1 heterocycles. The summed E-state index contributed by atoms with van der Waals surface area (Å²) < 4.78 is 6.15. The Balaban J connectivity index is 2.07. The van der Waals surface area contributed by atoms with Crippen molar-refractivity contribution in [1.29, 1.82) is 0 Å². The second-order valence-corrected chi connectivity index (χ2v) is 6.64. The van der Waals surface area contributed by atoms with Crippen LogP contribution in [-0.2, 0) is 0 Å². The summed E-state index contributed by atoms with van der Waals surface area (Å²) in [5.74, 6) is 0.142. The normalized spacial score (nSPS) is 14.5. The van der Waals surface area contributed by atoms with Crippen LogP contribution in [0.25, 0.3) is 27.5 Å². The van der Waals surface area contributed by atoms with Crippen molar-refractivity contribution < 1.29 is 9.21 Å². The molecule has 0 bridgehead atoms. The fourth-order valence-electron chi connectivity index (χ4n) is 3.53. The molecule has 1 aliphatic carbocycles. The predicted molar refractivity (Wildman–Crippen MR) is 103 cm³/mol. The van der Waals surface area contributed by atoms with Crippen LogP contribution in [0.2, 0.25) is 0 Å². The number of carbonyl (C=O) groups is 1. The molecule has 2 aromatic carbocycles. The molecule has 120 valence electrons. The van der Waals surface area contributed by atoms with Gasteiger partial charge < -0.3 is 4.42 Å². The third kappa shape index (κ3) is 2.19. The summed E-state index contributed by atoms with van der Waals surface area (Å²) in [6.07, 6.45) is 5.83. The summed E-state index contributed by atoms with van der Waals surface area (Å²) in [5, 5.41) is 2.92. The smallest absolute Gasteiger partial charge is 0.190 e. The number of hydrogen-bond donors (Lipinski definition) is 0. The largest absolute Gasteiger partial charge is 0.455 e. The Hall–Kier alpha value is -2.13. The van der Waals surface area contributed by atoms with Gasteiger partial charge in [0.05, 0.1) is 0 Å². The van der Waals surface area contributed by atoms with E-state index in [4.69, 9.17) is 4.42 Å². The molecule has 1 aliphatic rings. The van der Waals surface area contributed by atoms with E-state index in [1.165, 1.54) is 0 Å². The number of hydrogen-bond acceptors (Lipinski definition) is 2. The Morgan fingerprint density at radius 1 is 1.12 bits per heavy atom. The molecular formula is C21H17BrO2. The lowest BCUT2D eigenvalue weighted by Gasteiger charge is -2.02. The number of fused-ring (bicyclic) bond motifs is 5. The van der Waals surface area contributed by atoms with Crippen molar-refractivity contribution in [3.8, 4) is 0 Å². The SMILES string of the molecule is CCCC1=C(/C=C\CBr)c2c(ccc3c2oc2ccccc23)C1=O. The fourth-order valence-corrected chi connectivity index (χ4v) is 3.71. The van der Waals surface area contributed by atoms with Crippen molar-refractivity contribution in [3.05, 3.63) is 65.3 Å². The number of halogens is 1. The van der Waals surface area contributed by atoms with Gasteiger partial charge in [0.25, 0.3) is 0 Å². The molecule has 3 aromatic rings. The van der Waals surface area contributed by atoms with Crippen molar-refractivity contribution in [2.75, 3.05) is 5.33 Å². The number of furan rings is 1. The summed E-state index contributed by atoms with van der Waals surface area (Å²) in [6.45, 7) is 2.10. The van der Waals surface area contributed by atoms with Crippen LogP contribution in [0.1, 0.15) is 35.7 Å². The minimum absolute atomic E-state index is 0.142. The van der Waals surface area contributed by atoms with E-state index in [0.717, 1.165) is 62.4 Å². The zero-order valence-corrected chi connectivity index (χ0v) is 15.0. The lowest BCUT2D eigenvalue weighted by atomic mass is 10.0. The highest BCUT2D eigenvalue weighted by molar-refractivity contribution is 9.09. The van der Waals surface area contributed by atoms with Gasteiger partial charge in [-0.2, -0.15) is 0 Å². The highest BCUT2D eigenvalue weighted by Gasteiger charge is 2.31. The van der Waals surface area contributed by atoms with Crippen LogP contribution < -0.4 is 0 Å². The van der Waals surface area contributed by atoms with Gasteiger partial charge >= 0.3 is 0 Å². The van der Waals surface area contributed by atoms with Gasteiger partial charge in [-0.3, -0.25) is 4.79 Å². The van der Waals surface area contributed by atoms with Crippen molar-refractivity contribution in [2.24, 2.45) is 0 Å². The molecule has 0 unspecified atom stereocenters. The first kappa shape index (κ1) is 15.4. The Labute approximate surface area is 149 Å². The first-order valence-corrected chi connectivity index (χ1v) is 9.33. The van der Waals surface area contributed by atoms with Crippen LogP contribution in [0, 0.1) is 0 Å². The number of rotatable bonds is 4. The van der Waals surface area contributed by atoms with E-state index in [1.54, 1.807) is 0 Å². The maximum absolute atomic E-state index is 12.9. The third-order valence-electron chi connectivity index (χ3n) is 4.53. The molecule has 4 rings (SSSR count). The Bertz CT molecular complexity index is 1020. The molecule has 0 radical (unpaired) electrons. The topological polar surface area (TPSA) is 30.2 Å². The summed E-state index contributed by atoms with van der Waals surface area (Å²) in [7, 11) is 0. The van der Waals surface area contributed by atoms with Crippen LogP contribution in [-0.4, -0.2) is 11.1 Å². The summed E-state index contributed by atoms with van der Waals surface area (Å²) in [5.41, 5.74) is 5.32. The highest BCUT2D eigenvalue weighted by Crippen LogP contribution is 2.43. The number of ketones is 1. The second kappa shape index (κ2) is 6.06. The fraction of sp³-hybridized carbons (Fsp3) is 0.190. The number of benzene rings is 2. The summed E-state index contributed by atoms with van der Waals surface area (Å²) in [6, 6.07) is 12.0. The number of Topliss-reactive ketones (excluding diaryl/α,β-unsaturated/α-hetero) is 1. The number of carbonyl (C=O) groups excluding carboxylic acids is 1. The molecule has 3 heteroatoms.